The molecule has 1 aromatic heterocycles. The molecule has 0 amide bonds. The van der Waals surface area contributed by atoms with Crippen molar-refractivity contribution in [1.82, 2.24) is 14.9 Å². The molecule has 0 fully saturated rings. The predicted octanol–water partition coefficient (Wildman–Crippen LogP) is 2.58. The minimum Gasteiger partial charge on any atom is -0.383 e. The van der Waals surface area contributed by atoms with Gasteiger partial charge >= 0.3 is 0 Å². The number of benzene rings is 1. The van der Waals surface area contributed by atoms with Crippen molar-refractivity contribution in [3.05, 3.63) is 52.2 Å². The molecule has 29 heavy (non-hydrogen) atoms. The zero-order valence-electron chi connectivity index (χ0n) is 17.0. The summed E-state index contributed by atoms with van der Waals surface area (Å²) in [7, 11) is -0.533. The summed E-state index contributed by atoms with van der Waals surface area (Å²) in [4.78, 5) is 5.61. The van der Waals surface area contributed by atoms with Crippen LogP contribution < -0.4 is 10.6 Å². The first kappa shape index (κ1) is 25.8. The monoisotopic (exact) mass is 552 g/mol. The van der Waals surface area contributed by atoms with E-state index in [-0.39, 0.29) is 42.0 Å². The number of nitrogens with zero attached hydrogens (tertiary/aromatic N) is 2. The highest BCUT2D eigenvalue weighted by Gasteiger charge is 2.24. The highest BCUT2D eigenvalue weighted by molar-refractivity contribution is 14.0. The Bertz CT molecular complexity index is 898. The number of halogens is 1. The molecule has 0 saturated heterocycles. The maximum atomic E-state index is 12.5. The Morgan fingerprint density at radius 2 is 1.90 bits per heavy atom. The number of aliphatic imine (C=N–C) groups is 1. The van der Waals surface area contributed by atoms with Gasteiger partial charge < -0.3 is 15.7 Å². The third-order valence-electron chi connectivity index (χ3n) is 4.14. The SMILES string of the molecule is CCNC(=NCc1ccccc1S(=O)(=O)N(C)C)NCC(C)(O)c1cccs1.I. The van der Waals surface area contributed by atoms with Gasteiger partial charge in [-0.15, -0.1) is 35.3 Å². The zero-order valence-corrected chi connectivity index (χ0v) is 21.0. The maximum Gasteiger partial charge on any atom is 0.242 e. The van der Waals surface area contributed by atoms with Gasteiger partial charge in [-0.2, -0.15) is 0 Å². The number of aliphatic hydroxyl groups is 1. The van der Waals surface area contributed by atoms with Gasteiger partial charge in [0.05, 0.1) is 18.0 Å². The van der Waals surface area contributed by atoms with Crippen molar-refractivity contribution in [2.45, 2.75) is 30.9 Å². The van der Waals surface area contributed by atoms with Crippen molar-refractivity contribution in [2.24, 2.45) is 4.99 Å². The molecule has 3 N–H and O–H groups in total. The molecule has 10 heteroatoms. The Balaban J connectivity index is 0.00000420. The Hall–Kier alpha value is -1.21. The largest absolute Gasteiger partial charge is 0.383 e. The van der Waals surface area contributed by atoms with Crippen LogP contribution in [0.15, 0.2) is 51.7 Å². The molecule has 0 radical (unpaired) electrons. The van der Waals surface area contributed by atoms with Crippen LogP contribution >= 0.6 is 35.3 Å². The molecule has 0 bridgehead atoms. The smallest absolute Gasteiger partial charge is 0.242 e. The first-order chi connectivity index (χ1) is 13.2. The molecule has 1 aromatic carbocycles. The molecule has 1 atom stereocenters. The Morgan fingerprint density at radius 3 is 2.48 bits per heavy atom. The number of guanidine groups is 1. The van der Waals surface area contributed by atoms with E-state index in [0.29, 0.717) is 18.1 Å². The first-order valence-corrected chi connectivity index (χ1v) is 11.3. The van der Waals surface area contributed by atoms with Gasteiger partial charge in [0, 0.05) is 25.5 Å². The first-order valence-electron chi connectivity index (χ1n) is 8.97. The second kappa shape index (κ2) is 11.3. The summed E-state index contributed by atoms with van der Waals surface area (Å²) in [5, 5.41) is 18.9. The van der Waals surface area contributed by atoms with E-state index in [1.807, 2.05) is 24.4 Å². The van der Waals surface area contributed by atoms with Gasteiger partial charge in [0.2, 0.25) is 10.0 Å². The third-order valence-corrected chi connectivity index (χ3v) is 7.17. The minimum atomic E-state index is -3.55. The fourth-order valence-corrected chi connectivity index (χ4v) is 4.41. The van der Waals surface area contributed by atoms with Gasteiger partial charge in [0.15, 0.2) is 5.96 Å². The molecule has 2 aromatic rings. The number of sulfonamides is 1. The molecule has 0 aliphatic heterocycles. The molecule has 7 nitrogen and oxygen atoms in total. The van der Waals surface area contributed by atoms with Gasteiger partial charge in [0.25, 0.3) is 0 Å². The highest BCUT2D eigenvalue weighted by atomic mass is 127. The number of nitrogens with one attached hydrogen (secondary N) is 2. The number of hydrogen-bond donors (Lipinski definition) is 3. The summed E-state index contributed by atoms with van der Waals surface area (Å²) in [5.41, 5.74) is -0.422. The molecule has 0 aliphatic carbocycles. The van der Waals surface area contributed by atoms with Crippen LogP contribution in [0.1, 0.15) is 24.3 Å². The summed E-state index contributed by atoms with van der Waals surface area (Å²) in [6.45, 7) is 4.80. The lowest BCUT2D eigenvalue weighted by atomic mass is 10.1. The van der Waals surface area contributed by atoms with E-state index in [1.54, 1.807) is 31.2 Å². The van der Waals surface area contributed by atoms with Gasteiger partial charge in [-0.25, -0.2) is 17.7 Å². The van der Waals surface area contributed by atoms with Crippen LogP contribution in [-0.2, 0) is 22.2 Å². The molecule has 0 aliphatic rings. The third kappa shape index (κ3) is 6.92. The Labute approximate surface area is 194 Å². The van der Waals surface area contributed by atoms with Crippen LogP contribution in [0.25, 0.3) is 0 Å². The lowest BCUT2D eigenvalue weighted by Gasteiger charge is -2.23. The van der Waals surface area contributed by atoms with Crippen LogP contribution in [0, 0.1) is 0 Å². The van der Waals surface area contributed by atoms with Crippen LogP contribution in [-0.4, -0.2) is 51.0 Å². The fraction of sp³-hybridized carbons (Fsp3) is 0.421. The van der Waals surface area contributed by atoms with Gasteiger partial charge in [-0.05, 0) is 36.9 Å². The maximum absolute atomic E-state index is 12.5. The topological polar surface area (TPSA) is 94.0 Å². The van der Waals surface area contributed by atoms with Gasteiger partial charge in [0.1, 0.15) is 5.60 Å². The van der Waals surface area contributed by atoms with Crippen molar-refractivity contribution >= 4 is 51.3 Å². The van der Waals surface area contributed by atoms with Gasteiger partial charge in [-0.1, -0.05) is 24.3 Å². The molecule has 1 heterocycles. The Morgan fingerprint density at radius 1 is 1.21 bits per heavy atom. The van der Waals surface area contributed by atoms with Crippen LogP contribution in [0.4, 0.5) is 0 Å². The van der Waals surface area contributed by atoms with Crippen molar-refractivity contribution < 1.29 is 13.5 Å². The molecular formula is C19H29IN4O3S2. The van der Waals surface area contributed by atoms with Crippen LogP contribution in [0.5, 0.6) is 0 Å². The molecule has 0 spiro atoms. The molecule has 2 rings (SSSR count). The van der Waals surface area contributed by atoms with Crippen molar-refractivity contribution in [2.75, 3.05) is 27.2 Å². The molecule has 1 unspecified atom stereocenters. The normalized spacial score (nSPS) is 14.2. The highest BCUT2D eigenvalue weighted by Crippen LogP contribution is 2.24. The van der Waals surface area contributed by atoms with Crippen molar-refractivity contribution in [1.29, 1.82) is 0 Å². The number of thiophene rings is 1. The second-order valence-electron chi connectivity index (χ2n) is 6.70. The van der Waals surface area contributed by atoms with E-state index < -0.39 is 15.6 Å². The fourth-order valence-electron chi connectivity index (χ4n) is 2.52. The van der Waals surface area contributed by atoms with E-state index >= 15 is 0 Å². The van der Waals surface area contributed by atoms with Gasteiger partial charge in [-0.3, -0.25) is 0 Å². The summed E-state index contributed by atoms with van der Waals surface area (Å²) in [6, 6.07) is 10.6. The molecular weight excluding hydrogens is 523 g/mol. The van der Waals surface area contributed by atoms with E-state index in [0.717, 1.165) is 4.88 Å². The number of hydrogen-bond acceptors (Lipinski definition) is 5. The Kier molecular flexibility index (Phi) is 10.0. The van der Waals surface area contributed by atoms with Crippen molar-refractivity contribution in [3.63, 3.8) is 0 Å². The summed E-state index contributed by atoms with van der Waals surface area (Å²) in [5.74, 6) is 0.511. The summed E-state index contributed by atoms with van der Waals surface area (Å²) in [6.07, 6.45) is 0. The minimum absolute atomic E-state index is 0. The standard InChI is InChI=1S/C19H28N4O3S2.HI/c1-5-20-18(22-14-19(2,24)17-11-8-12-27-17)21-13-15-9-6-7-10-16(15)28(25,26)23(3)4;/h6-12,24H,5,13-14H2,1-4H3,(H2,20,21,22);1H. The van der Waals surface area contributed by atoms with Crippen molar-refractivity contribution in [3.8, 4) is 0 Å². The summed E-state index contributed by atoms with van der Waals surface area (Å²) < 4.78 is 26.2. The van der Waals surface area contributed by atoms with E-state index in [4.69, 9.17) is 0 Å². The zero-order chi connectivity index (χ0) is 20.8. The molecule has 0 saturated carbocycles. The van der Waals surface area contributed by atoms with E-state index in [2.05, 4.69) is 15.6 Å². The van der Waals surface area contributed by atoms with E-state index in [9.17, 15) is 13.5 Å². The average molecular weight is 553 g/mol. The number of rotatable bonds is 8. The summed E-state index contributed by atoms with van der Waals surface area (Å²) >= 11 is 1.49. The lowest BCUT2D eigenvalue weighted by molar-refractivity contribution is 0.0655. The second-order valence-corrected chi connectivity index (χ2v) is 9.76. The predicted molar refractivity (Wildman–Crippen MR) is 129 cm³/mol. The van der Waals surface area contributed by atoms with Crippen LogP contribution in [0.2, 0.25) is 0 Å². The molecule has 162 valence electrons. The quantitative estimate of drug-likeness (QED) is 0.266. The van der Waals surface area contributed by atoms with E-state index in [1.165, 1.54) is 29.7 Å². The van der Waals surface area contributed by atoms with Crippen LogP contribution in [0.3, 0.4) is 0 Å². The lowest BCUT2D eigenvalue weighted by Crippen LogP contribution is -2.44. The average Bonchev–Trinajstić information content (AvgIpc) is 3.20.